The number of rotatable bonds is 3. The third-order valence-electron chi connectivity index (χ3n) is 3.29. The maximum atomic E-state index is 14.4. The van der Waals surface area contributed by atoms with E-state index in [0.717, 1.165) is 25.3 Å². The fourth-order valence-electron chi connectivity index (χ4n) is 2.18. The highest BCUT2D eigenvalue weighted by Crippen LogP contribution is 2.32. The summed E-state index contributed by atoms with van der Waals surface area (Å²) >= 11 is 5.15. The molecule has 0 radical (unpaired) electrons. The normalized spacial score (nSPS) is 19.5. The zero-order valence-corrected chi connectivity index (χ0v) is 13.2. The van der Waals surface area contributed by atoms with Crippen LogP contribution in [-0.2, 0) is 0 Å². The van der Waals surface area contributed by atoms with Gasteiger partial charge in [0.1, 0.15) is 5.84 Å². The Bertz CT molecular complexity index is 495. The molecule has 0 saturated carbocycles. The molecule has 1 aliphatic heterocycles. The van der Waals surface area contributed by atoms with Gasteiger partial charge in [-0.25, -0.2) is 4.39 Å². The van der Waals surface area contributed by atoms with Crippen LogP contribution in [0.5, 0.6) is 0 Å². The largest absolute Gasteiger partial charge is 0.384 e. The molecule has 1 heterocycles. The van der Waals surface area contributed by atoms with Gasteiger partial charge in [0.05, 0.1) is 10.2 Å². The highest BCUT2D eigenvalue weighted by atomic mass is 79.9. The maximum absolute atomic E-state index is 14.4. The predicted molar refractivity (Wildman–Crippen MR) is 83.9 cm³/mol. The second-order valence-corrected chi connectivity index (χ2v) is 6.72. The average Bonchev–Trinajstić information content (AvgIpc) is 2.41. The lowest BCUT2D eigenvalue weighted by Crippen LogP contribution is -2.38. The maximum Gasteiger partial charge on any atom is 0.161 e. The lowest BCUT2D eigenvalue weighted by Gasteiger charge is -2.34. The van der Waals surface area contributed by atoms with E-state index in [1.54, 1.807) is 12.1 Å². The van der Waals surface area contributed by atoms with E-state index in [9.17, 15) is 4.39 Å². The molecule has 0 aromatic heterocycles. The molecule has 0 spiro atoms. The van der Waals surface area contributed by atoms with E-state index < -0.39 is 0 Å². The Morgan fingerprint density at radius 2 is 2.37 bits per heavy atom. The number of amidine groups is 1. The van der Waals surface area contributed by atoms with Crippen LogP contribution in [0.2, 0.25) is 0 Å². The van der Waals surface area contributed by atoms with Gasteiger partial charge in [-0.2, -0.15) is 11.8 Å². The van der Waals surface area contributed by atoms with Crippen LogP contribution in [0.1, 0.15) is 18.9 Å². The van der Waals surface area contributed by atoms with Crippen molar-refractivity contribution in [2.75, 3.05) is 23.7 Å². The van der Waals surface area contributed by atoms with Crippen molar-refractivity contribution in [3.05, 3.63) is 28.0 Å². The summed E-state index contributed by atoms with van der Waals surface area (Å²) in [6.07, 6.45) is 1.09. The Labute approximate surface area is 125 Å². The molecule has 1 saturated heterocycles. The number of benzene rings is 1. The number of nitrogens with two attached hydrogens (primary N) is 1. The van der Waals surface area contributed by atoms with E-state index in [-0.39, 0.29) is 16.1 Å². The Morgan fingerprint density at radius 1 is 1.63 bits per heavy atom. The monoisotopic (exact) mass is 345 g/mol. The average molecular weight is 346 g/mol. The molecule has 1 aromatic carbocycles. The molecule has 3 N–H and O–H groups in total. The summed E-state index contributed by atoms with van der Waals surface area (Å²) in [5, 5.41) is 7.97. The van der Waals surface area contributed by atoms with E-state index in [1.165, 1.54) is 0 Å². The van der Waals surface area contributed by atoms with Crippen molar-refractivity contribution in [2.24, 2.45) is 5.73 Å². The lowest BCUT2D eigenvalue weighted by molar-refractivity contribution is 0.607. The summed E-state index contributed by atoms with van der Waals surface area (Å²) < 4.78 is 14.7. The fraction of sp³-hybridized carbons (Fsp3) is 0.462. The van der Waals surface area contributed by atoms with E-state index >= 15 is 0 Å². The van der Waals surface area contributed by atoms with Crippen molar-refractivity contribution in [3.8, 4) is 0 Å². The molecule has 2 rings (SSSR count). The quantitative estimate of drug-likeness (QED) is 0.653. The third kappa shape index (κ3) is 3.05. The van der Waals surface area contributed by atoms with Crippen molar-refractivity contribution in [2.45, 2.75) is 18.6 Å². The molecule has 1 aliphatic rings. The predicted octanol–water partition coefficient (Wildman–Crippen LogP) is 3.20. The zero-order valence-electron chi connectivity index (χ0n) is 10.7. The number of nitrogens with one attached hydrogen (secondary N) is 1. The Balaban J connectivity index is 2.30. The Morgan fingerprint density at radius 3 is 3.00 bits per heavy atom. The van der Waals surface area contributed by atoms with E-state index in [2.05, 4.69) is 27.8 Å². The smallest absolute Gasteiger partial charge is 0.161 e. The molecule has 3 nitrogen and oxygen atoms in total. The standard InChI is InChI=1S/C13H17BrFN3S/c1-2-8-7-18(5-6-19-8)10-4-3-9(13(16)17)11(14)12(10)15/h3-4,8H,2,5-7H2,1H3,(H3,16,17). The molecule has 104 valence electrons. The van der Waals surface area contributed by atoms with E-state index in [0.29, 0.717) is 16.5 Å². The van der Waals surface area contributed by atoms with E-state index in [1.807, 2.05) is 11.8 Å². The van der Waals surface area contributed by atoms with Crippen LogP contribution in [0.15, 0.2) is 16.6 Å². The first-order valence-corrected chi connectivity index (χ1v) is 8.07. The van der Waals surface area contributed by atoms with Crippen LogP contribution in [0.4, 0.5) is 10.1 Å². The number of hydrogen-bond donors (Lipinski definition) is 2. The topological polar surface area (TPSA) is 53.1 Å². The molecule has 0 amide bonds. The van der Waals surface area contributed by atoms with Gasteiger partial charge >= 0.3 is 0 Å². The first kappa shape index (κ1) is 14.7. The molecule has 1 unspecified atom stereocenters. The summed E-state index contributed by atoms with van der Waals surface area (Å²) in [5.41, 5.74) is 6.42. The molecule has 6 heteroatoms. The summed E-state index contributed by atoms with van der Waals surface area (Å²) in [7, 11) is 0. The van der Waals surface area contributed by atoms with Crippen LogP contribution in [0.25, 0.3) is 0 Å². The summed E-state index contributed by atoms with van der Waals surface area (Å²) in [5.74, 6) is 0.566. The van der Waals surface area contributed by atoms with Gasteiger partial charge in [-0.1, -0.05) is 6.92 Å². The number of halogens is 2. The van der Waals surface area contributed by atoms with Crippen LogP contribution in [-0.4, -0.2) is 29.9 Å². The number of nitrogens with zero attached hydrogens (tertiary/aromatic N) is 1. The van der Waals surface area contributed by atoms with E-state index in [4.69, 9.17) is 11.1 Å². The molecule has 1 aromatic rings. The van der Waals surface area contributed by atoms with Crippen LogP contribution >= 0.6 is 27.7 Å². The molecule has 19 heavy (non-hydrogen) atoms. The van der Waals surface area contributed by atoms with Crippen LogP contribution < -0.4 is 10.6 Å². The Hall–Kier alpha value is -0.750. The van der Waals surface area contributed by atoms with Crippen molar-refractivity contribution in [1.29, 1.82) is 5.41 Å². The molecular formula is C13H17BrFN3S. The van der Waals surface area contributed by atoms with Gasteiger partial charge in [0, 0.05) is 29.7 Å². The van der Waals surface area contributed by atoms with Gasteiger partial charge in [0.15, 0.2) is 5.82 Å². The van der Waals surface area contributed by atoms with Gasteiger partial charge in [0.25, 0.3) is 0 Å². The molecule has 0 aliphatic carbocycles. The molecule has 1 atom stereocenters. The minimum Gasteiger partial charge on any atom is -0.384 e. The number of thioether (sulfide) groups is 1. The highest BCUT2D eigenvalue weighted by Gasteiger charge is 2.23. The van der Waals surface area contributed by atoms with Crippen molar-refractivity contribution >= 4 is 39.2 Å². The third-order valence-corrected chi connectivity index (χ3v) is 5.43. The summed E-state index contributed by atoms with van der Waals surface area (Å²) in [4.78, 5) is 2.08. The van der Waals surface area contributed by atoms with Gasteiger partial charge in [-0.3, -0.25) is 5.41 Å². The minimum absolute atomic E-state index is 0.127. The highest BCUT2D eigenvalue weighted by molar-refractivity contribution is 9.10. The Kier molecular flexibility index (Phi) is 4.73. The van der Waals surface area contributed by atoms with Crippen molar-refractivity contribution in [3.63, 3.8) is 0 Å². The van der Waals surface area contributed by atoms with Crippen molar-refractivity contribution < 1.29 is 4.39 Å². The summed E-state index contributed by atoms with van der Waals surface area (Å²) in [6.45, 7) is 3.88. The number of nitrogen functional groups attached to an aromatic ring is 1. The molecule has 0 bridgehead atoms. The second-order valence-electron chi connectivity index (χ2n) is 4.52. The first-order valence-electron chi connectivity index (χ1n) is 6.23. The zero-order chi connectivity index (χ0) is 14.0. The minimum atomic E-state index is -0.325. The second kappa shape index (κ2) is 6.13. The van der Waals surface area contributed by atoms with Gasteiger partial charge in [0.2, 0.25) is 0 Å². The van der Waals surface area contributed by atoms with Crippen LogP contribution in [0.3, 0.4) is 0 Å². The first-order chi connectivity index (χ1) is 9.04. The molecular weight excluding hydrogens is 329 g/mol. The summed E-state index contributed by atoms with van der Waals surface area (Å²) in [6, 6.07) is 3.42. The van der Waals surface area contributed by atoms with Crippen LogP contribution in [0, 0.1) is 11.2 Å². The SMILES string of the molecule is CCC1CN(c2ccc(C(=N)N)c(Br)c2F)CCS1. The number of anilines is 1. The van der Waals surface area contributed by atoms with Gasteiger partial charge in [-0.15, -0.1) is 0 Å². The van der Waals surface area contributed by atoms with Gasteiger partial charge in [-0.05, 0) is 34.5 Å². The fourth-order valence-corrected chi connectivity index (χ4v) is 3.91. The number of hydrogen-bond acceptors (Lipinski definition) is 3. The molecule has 1 fully saturated rings. The van der Waals surface area contributed by atoms with Crippen molar-refractivity contribution in [1.82, 2.24) is 0 Å². The lowest BCUT2D eigenvalue weighted by atomic mass is 10.1. The van der Waals surface area contributed by atoms with Gasteiger partial charge < -0.3 is 10.6 Å².